The lowest BCUT2D eigenvalue weighted by Gasteiger charge is -2.56. The van der Waals surface area contributed by atoms with Gasteiger partial charge in [-0.1, -0.05) is 36.8 Å². The van der Waals surface area contributed by atoms with Gasteiger partial charge in [0.1, 0.15) is 5.60 Å². The molecular formula is C30H37F4NO2. The van der Waals surface area contributed by atoms with Crippen molar-refractivity contribution in [2.45, 2.75) is 88.7 Å². The Kier molecular flexibility index (Phi) is 6.31. The van der Waals surface area contributed by atoms with Gasteiger partial charge >= 0.3 is 11.8 Å². The Bertz CT molecular complexity index is 1150. The lowest BCUT2D eigenvalue weighted by Crippen LogP contribution is -2.65. The largest absolute Gasteiger partial charge is 0.383 e. The van der Waals surface area contributed by atoms with Crippen LogP contribution in [-0.4, -0.2) is 47.3 Å². The number of benzene rings is 1. The molecule has 202 valence electrons. The molecule has 0 aromatic heterocycles. The molecule has 7 heteroatoms. The smallest absolute Gasteiger partial charge is 0.338 e. The second kappa shape index (κ2) is 8.77. The number of rotatable bonds is 5. The van der Waals surface area contributed by atoms with Crippen molar-refractivity contribution in [3.63, 3.8) is 0 Å². The van der Waals surface area contributed by atoms with Gasteiger partial charge in [0.15, 0.2) is 5.78 Å². The molecule has 0 saturated heterocycles. The summed E-state index contributed by atoms with van der Waals surface area (Å²) < 4.78 is 59.5. The lowest BCUT2D eigenvalue weighted by molar-refractivity contribution is -0.315. The number of hydrogen-bond donors (Lipinski definition) is 1. The van der Waals surface area contributed by atoms with E-state index in [2.05, 4.69) is 4.90 Å². The number of fused-ring (bicyclic) bond motifs is 4. The van der Waals surface area contributed by atoms with Crippen LogP contribution in [-0.2, 0) is 11.3 Å². The number of aliphatic hydroxyl groups is 1. The maximum atomic E-state index is 15.4. The molecule has 0 heterocycles. The minimum Gasteiger partial charge on any atom is -0.383 e. The summed E-state index contributed by atoms with van der Waals surface area (Å²) >= 11 is 0. The van der Waals surface area contributed by atoms with Gasteiger partial charge in [-0.15, -0.1) is 0 Å². The summed E-state index contributed by atoms with van der Waals surface area (Å²) in [5.41, 5.74) is 1.26. The standard InChI is InChI=1S/C30H37F4NO2/c1-27-16-24(19-7-5-18(6-8-19)17-35(3)4)26-22-12-10-21(36)15-20(22)9-11-23(26)25(27)13-14-29(27,37)30(33,34)28(2,31)32/h5-8,15,23-25,37H,9-14,16-17H2,1-4H3. The molecule has 0 aliphatic heterocycles. The van der Waals surface area contributed by atoms with E-state index in [0.717, 1.165) is 28.8 Å². The highest BCUT2D eigenvalue weighted by atomic mass is 19.3. The number of halogens is 4. The van der Waals surface area contributed by atoms with Crippen LogP contribution in [0.1, 0.15) is 75.8 Å². The van der Waals surface area contributed by atoms with Crippen LogP contribution in [0.25, 0.3) is 0 Å². The Hall–Kier alpha value is -1.99. The topological polar surface area (TPSA) is 40.5 Å². The molecule has 1 aromatic carbocycles. The summed E-state index contributed by atoms with van der Waals surface area (Å²) in [6.07, 6.45) is 4.25. The number of carbonyl (C=O) groups is 1. The van der Waals surface area contributed by atoms with Crippen molar-refractivity contribution in [2.75, 3.05) is 14.1 Å². The molecule has 1 N–H and O–H groups in total. The van der Waals surface area contributed by atoms with Crippen LogP contribution >= 0.6 is 0 Å². The summed E-state index contributed by atoms with van der Waals surface area (Å²) in [6.45, 7) is 2.60. The Morgan fingerprint density at radius 3 is 2.35 bits per heavy atom. The van der Waals surface area contributed by atoms with Gasteiger partial charge in [-0.2, -0.15) is 8.78 Å². The van der Waals surface area contributed by atoms with Crippen molar-refractivity contribution < 1.29 is 27.5 Å². The Morgan fingerprint density at radius 2 is 1.73 bits per heavy atom. The number of nitrogens with zero attached hydrogens (tertiary/aromatic N) is 1. The molecule has 4 aliphatic carbocycles. The van der Waals surface area contributed by atoms with E-state index in [1.54, 1.807) is 13.0 Å². The van der Waals surface area contributed by atoms with Crippen LogP contribution in [0.4, 0.5) is 17.6 Å². The Morgan fingerprint density at radius 1 is 1.05 bits per heavy atom. The van der Waals surface area contributed by atoms with Gasteiger partial charge < -0.3 is 10.0 Å². The number of alkyl halides is 4. The van der Waals surface area contributed by atoms with Gasteiger partial charge in [0.25, 0.3) is 0 Å². The molecule has 1 aromatic rings. The molecule has 5 unspecified atom stereocenters. The van der Waals surface area contributed by atoms with Crippen LogP contribution in [0.2, 0.25) is 0 Å². The van der Waals surface area contributed by atoms with E-state index in [1.165, 1.54) is 5.57 Å². The van der Waals surface area contributed by atoms with E-state index in [-0.39, 0.29) is 49.7 Å². The molecule has 3 nitrogen and oxygen atoms in total. The summed E-state index contributed by atoms with van der Waals surface area (Å²) in [6, 6.07) is 8.10. The highest BCUT2D eigenvalue weighted by Crippen LogP contribution is 2.70. The van der Waals surface area contributed by atoms with Gasteiger partial charge in [-0.3, -0.25) is 4.79 Å². The zero-order valence-corrected chi connectivity index (χ0v) is 22.1. The first-order valence-electron chi connectivity index (χ1n) is 13.4. The summed E-state index contributed by atoms with van der Waals surface area (Å²) in [4.78, 5) is 14.2. The predicted octanol–water partition coefficient (Wildman–Crippen LogP) is 6.67. The quantitative estimate of drug-likeness (QED) is 0.442. The molecular weight excluding hydrogens is 482 g/mol. The highest BCUT2D eigenvalue weighted by molar-refractivity contribution is 5.93. The number of hydrogen-bond acceptors (Lipinski definition) is 3. The van der Waals surface area contributed by atoms with Crippen molar-refractivity contribution in [3.8, 4) is 0 Å². The third-order valence-corrected chi connectivity index (χ3v) is 9.84. The molecule has 0 amide bonds. The predicted molar refractivity (Wildman–Crippen MR) is 135 cm³/mol. The molecule has 0 bridgehead atoms. The third kappa shape index (κ3) is 3.94. The molecule has 0 radical (unpaired) electrons. The molecule has 0 spiro atoms. The second-order valence-electron chi connectivity index (χ2n) is 12.3. The van der Waals surface area contributed by atoms with Crippen molar-refractivity contribution in [3.05, 3.63) is 58.2 Å². The van der Waals surface area contributed by atoms with Crippen molar-refractivity contribution >= 4 is 5.78 Å². The van der Waals surface area contributed by atoms with Gasteiger partial charge in [0.2, 0.25) is 0 Å². The summed E-state index contributed by atoms with van der Waals surface area (Å²) in [5, 5.41) is 11.6. The minimum absolute atomic E-state index is 0.0825. The molecule has 37 heavy (non-hydrogen) atoms. The van der Waals surface area contributed by atoms with Crippen molar-refractivity contribution in [1.82, 2.24) is 4.90 Å². The summed E-state index contributed by atoms with van der Waals surface area (Å²) in [7, 11) is 3.97. The van der Waals surface area contributed by atoms with Gasteiger partial charge in [0, 0.05) is 31.2 Å². The lowest BCUT2D eigenvalue weighted by atomic mass is 9.50. The van der Waals surface area contributed by atoms with E-state index in [0.29, 0.717) is 25.7 Å². The average Bonchev–Trinajstić information content (AvgIpc) is 3.09. The van der Waals surface area contributed by atoms with Crippen LogP contribution in [0, 0.1) is 17.3 Å². The molecule has 5 rings (SSSR count). The first kappa shape index (κ1) is 26.6. The van der Waals surface area contributed by atoms with Crippen LogP contribution in [0.5, 0.6) is 0 Å². The SMILES string of the molecule is CN(C)Cc1ccc(C2CC3(C)C(CCC3(O)C(F)(F)C(C)(F)F)C3CCC4=CC(=O)CCC4=C23)cc1. The zero-order valence-electron chi connectivity index (χ0n) is 22.1. The van der Waals surface area contributed by atoms with Crippen LogP contribution < -0.4 is 0 Å². The minimum atomic E-state index is -4.55. The molecule has 4 aliphatic rings. The summed E-state index contributed by atoms with van der Waals surface area (Å²) in [5.74, 6) is -9.46. The second-order valence-corrected chi connectivity index (χ2v) is 12.3. The maximum absolute atomic E-state index is 15.4. The number of carbonyl (C=O) groups excluding carboxylic acids is 1. The van der Waals surface area contributed by atoms with Crippen molar-refractivity contribution in [2.24, 2.45) is 17.3 Å². The van der Waals surface area contributed by atoms with E-state index >= 15 is 8.78 Å². The van der Waals surface area contributed by atoms with E-state index in [4.69, 9.17) is 0 Å². The van der Waals surface area contributed by atoms with Gasteiger partial charge in [-0.25, -0.2) is 8.78 Å². The van der Waals surface area contributed by atoms with Crippen LogP contribution in [0.15, 0.2) is 47.1 Å². The fraction of sp³-hybridized carbons (Fsp3) is 0.633. The molecule has 2 saturated carbocycles. The zero-order chi connectivity index (χ0) is 27.0. The van der Waals surface area contributed by atoms with E-state index in [1.807, 2.05) is 38.4 Å². The highest BCUT2D eigenvalue weighted by Gasteiger charge is 2.76. The number of allylic oxidation sites excluding steroid dienone is 4. The van der Waals surface area contributed by atoms with Crippen molar-refractivity contribution in [1.29, 1.82) is 0 Å². The maximum Gasteiger partial charge on any atom is 0.338 e. The average molecular weight is 520 g/mol. The first-order chi connectivity index (χ1) is 17.2. The molecule has 5 atom stereocenters. The Balaban J connectivity index is 1.65. The fourth-order valence-corrected chi connectivity index (χ4v) is 8.06. The van der Waals surface area contributed by atoms with Gasteiger partial charge in [0.05, 0.1) is 0 Å². The third-order valence-electron chi connectivity index (χ3n) is 9.84. The number of ketones is 1. The first-order valence-corrected chi connectivity index (χ1v) is 13.4. The normalized spacial score (nSPS) is 34.3. The molecule has 2 fully saturated rings. The Labute approximate surface area is 216 Å². The monoisotopic (exact) mass is 519 g/mol. The fourth-order valence-electron chi connectivity index (χ4n) is 8.06. The van der Waals surface area contributed by atoms with E-state index < -0.39 is 22.9 Å². The van der Waals surface area contributed by atoms with E-state index in [9.17, 15) is 18.7 Å². The van der Waals surface area contributed by atoms with Gasteiger partial charge in [-0.05, 0) is 92.8 Å². The van der Waals surface area contributed by atoms with Crippen LogP contribution in [0.3, 0.4) is 0 Å².